The molecule has 1 saturated carbocycles. The van der Waals surface area contributed by atoms with Crippen LogP contribution in [0.1, 0.15) is 38.7 Å². The lowest BCUT2D eigenvalue weighted by Gasteiger charge is -2.25. The average Bonchev–Trinajstić information content (AvgIpc) is 2.21. The van der Waals surface area contributed by atoms with E-state index in [1.165, 1.54) is 24.8 Å². The zero-order valence-electron chi connectivity index (χ0n) is 10.9. The first-order chi connectivity index (χ1) is 8.24. The second-order valence-corrected chi connectivity index (χ2v) is 5.24. The van der Waals surface area contributed by atoms with Gasteiger partial charge in [0.05, 0.1) is 6.10 Å². The number of hydrogen-bond acceptors (Lipinski definition) is 2. The predicted octanol–water partition coefficient (Wildman–Crippen LogP) is 3.36. The molecule has 0 atom stereocenters. The molecule has 0 heterocycles. The maximum absolute atomic E-state index is 5.69. The number of rotatable bonds is 6. The van der Waals surface area contributed by atoms with E-state index in [-0.39, 0.29) is 6.10 Å². The van der Waals surface area contributed by atoms with Crippen LogP contribution < -0.4 is 10.1 Å². The first kappa shape index (κ1) is 12.4. The lowest BCUT2D eigenvalue weighted by atomic mass is 9.85. The zero-order chi connectivity index (χ0) is 12.1. The Morgan fingerprint density at radius 3 is 2.82 bits per heavy atom. The molecule has 0 aromatic heterocycles. The molecule has 0 unspecified atom stereocenters. The van der Waals surface area contributed by atoms with E-state index in [2.05, 4.69) is 37.4 Å². The summed E-state index contributed by atoms with van der Waals surface area (Å²) in [5.41, 5.74) is 1.31. The Balaban J connectivity index is 1.78. The van der Waals surface area contributed by atoms with Crippen LogP contribution in [0, 0.1) is 5.92 Å². The minimum absolute atomic E-state index is 0.244. The fourth-order valence-electron chi connectivity index (χ4n) is 2.12. The Labute approximate surface area is 104 Å². The van der Waals surface area contributed by atoms with Crippen LogP contribution in [0.4, 0.5) is 0 Å². The number of ether oxygens (including phenoxy) is 1. The van der Waals surface area contributed by atoms with Gasteiger partial charge in [0.15, 0.2) is 0 Å². The molecule has 1 N–H and O–H groups in total. The summed E-state index contributed by atoms with van der Waals surface area (Å²) in [5, 5.41) is 3.53. The molecule has 0 spiro atoms. The summed E-state index contributed by atoms with van der Waals surface area (Å²) in [5.74, 6) is 1.90. The third-order valence-electron chi connectivity index (χ3n) is 3.26. The molecule has 94 valence electrons. The molecule has 2 heteroatoms. The van der Waals surface area contributed by atoms with E-state index in [1.807, 2.05) is 6.07 Å². The molecule has 2 rings (SSSR count). The second kappa shape index (κ2) is 6.06. The summed E-state index contributed by atoms with van der Waals surface area (Å²) in [6.07, 6.45) is 4.48. The van der Waals surface area contributed by atoms with Gasteiger partial charge in [-0.3, -0.25) is 0 Å². The summed E-state index contributed by atoms with van der Waals surface area (Å²) in [7, 11) is 0. The smallest absolute Gasteiger partial charge is 0.120 e. The molecule has 1 aliphatic carbocycles. The Morgan fingerprint density at radius 1 is 1.35 bits per heavy atom. The summed E-state index contributed by atoms with van der Waals surface area (Å²) < 4.78 is 5.69. The van der Waals surface area contributed by atoms with E-state index >= 15 is 0 Å². The van der Waals surface area contributed by atoms with Crippen molar-refractivity contribution in [1.82, 2.24) is 5.32 Å². The first-order valence-electron chi connectivity index (χ1n) is 6.70. The minimum atomic E-state index is 0.244. The van der Waals surface area contributed by atoms with Gasteiger partial charge in [0, 0.05) is 6.54 Å². The van der Waals surface area contributed by atoms with Crippen molar-refractivity contribution in [2.24, 2.45) is 5.92 Å². The van der Waals surface area contributed by atoms with Gasteiger partial charge in [0.2, 0.25) is 0 Å². The lowest BCUT2D eigenvalue weighted by Crippen LogP contribution is -2.26. The van der Waals surface area contributed by atoms with Crippen LogP contribution in [0.5, 0.6) is 5.75 Å². The highest BCUT2D eigenvalue weighted by Gasteiger charge is 2.16. The van der Waals surface area contributed by atoms with E-state index in [9.17, 15) is 0 Å². The predicted molar refractivity (Wildman–Crippen MR) is 71.3 cm³/mol. The number of nitrogens with one attached hydrogen (secondary N) is 1. The van der Waals surface area contributed by atoms with Gasteiger partial charge in [-0.25, -0.2) is 0 Å². The van der Waals surface area contributed by atoms with Crippen LogP contribution in [-0.4, -0.2) is 12.6 Å². The van der Waals surface area contributed by atoms with Gasteiger partial charge >= 0.3 is 0 Å². The minimum Gasteiger partial charge on any atom is -0.491 e. The van der Waals surface area contributed by atoms with E-state index in [1.54, 1.807) is 0 Å². The Hall–Kier alpha value is -1.02. The highest BCUT2D eigenvalue weighted by atomic mass is 16.5. The molecular weight excluding hydrogens is 210 g/mol. The van der Waals surface area contributed by atoms with Crippen molar-refractivity contribution in [3.8, 4) is 5.75 Å². The molecule has 0 bridgehead atoms. The van der Waals surface area contributed by atoms with Gasteiger partial charge in [0.25, 0.3) is 0 Å². The van der Waals surface area contributed by atoms with E-state index in [0.717, 1.165) is 24.8 Å². The van der Waals surface area contributed by atoms with Crippen molar-refractivity contribution in [3.63, 3.8) is 0 Å². The summed E-state index contributed by atoms with van der Waals surface area (Å²) >= 11 is 0. The van der Waals surface area contributed by atoms with E-state index < -0.39 is 0 Å². The largest absolute Gasteiger partial charge is 0.491 e. The molecule has 0 saturated heterocycles. The molecule has 0 radical (unpaired) electrons. The van der Waals surface area contributed by atoms with E-state index in [4.69, 9.17) is 4.74 Å². The molecule has 17 heavy (non-hydrogen) atoms. The van der Waals surface area contributed by atoms with Crippen molar-refractivity contribution >= 4 is 0 Å². The molecule has 1 aromatic rings. The maximum atomic E-state index is 5.69. The molecule has 1 aliphatic rings. The van der Waals surface area contributed by atoms with Gasteiger partial charge in [0.1, 0.15) is 5.75 Å². The fourth-order valence-corrected chi connectivity index (χ4v) is 2.12. The summed E-state index contributed by atoms with van der Waals surface area (Å²) in [6, 6.07) is 8.38. The zero-order valence-corrected chi connectivity index (χ0v) is 10.9. The number of hydrogen-bond donors (Lipinski definition) is 1. The van der Waals surface area contributed by atoms with Crippen molar-refractivity contribution in [2.75, 3.05) is 6.54 Å². The Morgan fingerprint density at radius 2 is 2.18 bits per heavy atom. The van der Waals surface area contributed by atoms with Crippen molar-refractivity contribution in [1.29, 1.82) is 0 Å². The molecule has 1 fully saturated rings. The second-order valence-electron chi connectivity index (χ2n) is 5.24. The summed E-state index contributed by atoms with van der Waals surface area (Å²) in [6.45, 7) is 6.23. The van der Waals surface area contributed by atoms with Crippen LogP contribution in [-0.2, 0) is 6.54 Å². The van der Waals surface area contributed by atoms with Gasteiger partial charge in [-0.15, -0.1) is 0 Å². The molecule has 0 aliphatic heterocycles. The maximum Gasteiger partial charge on any atom is 0.120 e. The molecule has 2 nitrogen and oxygen atoms in total. The van der Waals surface area contributed by atoms with Gasteiger partial charge in [-0.1, -0.05) is 18.6 Å². The normalized spacial score (nSPS) is 15.9. The Bertz CT molecular complexity index is 345. The third-order valence-corrected chi connectivity index (χ3v) is 3.26. The quantitative estimate of drug-likeness (QED) is 0.813. The molecule has 0 amide bonds. The van der Waals surface area contributed by atoms with Gasteiger partial charge in [-0.2, -0.15) is 0 Å². The van der Waals surface area contributed by atoms with Crippen LogP contribution in [0.15, 0.2) is 24.3 Å². The molecule has 1 aromatic carbocycles. The standard InChI is InChI=1S/C15H23NO/c1-12(2)17-15-8-4-7-14(9-15)11-16-10-13-5-3-6-13/h4,7-9,12-13,16H,3,5-6,10-11H2,1-2H3. The van der Waals surface area contributed by atoms with Crippen LogP contribution in [0.25, 0.3) is 0 Å². The van der Waals surface area contributed by atoms with Gasteiger partial charge in [-0.05, 0) is 56.8 Å². The number of benzene rings is 1. The monoisotopic (exact) mass is 233 g/mol. The molecular formula is C15H23NO. The average molecular weight is 233 g/mol. The van der Waals surface area contributed by atoms with Gasteiger partial charge < -0.3 is 10.1 Å². The summed E-state index contributed by atoms with van der Waals surface area (Å²) in [4.78, 5) is 0. The van der Waals surface area contributed by atoms with Crippen molar-refractivity contribution in [3.05, 3.63) is 29.8 Å². The highest BCUT2D eigenvalue weighted by Crippen LogP contribution is 2.25. The van der Waals surface area contributed by atoms with Crippen molar-refractivity contribution in [2.45, 2.75) is 45.8 Å². The first-order valence-corrected chi connectivity index (χ1v) is 6.70. The fraction of sp³-hybridized carbons (Fsp3) is 0.600. The Kier molecular flexibility index (Phi) is 4.43. The SMILES string of the molecule is CC(C)Oc1cccc(CNCC2CCC2)c1. The van der Waals surface area contributed by atoms with Crippen LogP contribution in [0.2, 0.25) is 0 Å². The van der Waals surface area contributed by atoms with Crippen LogP contribution >= 0.6 is 0 Å². The highest BCUT2D eigenvalue weighted by molar-refractivity contribution is 5.28. The topological polar surface area (TPSA) is 21.3 Å². The van der Waals surface area contributed by atoms with Crippen LogP contribution in [0.3, 0.4) is 0 Å². The third kappa shape index (κ3) is 4.04. The lowest BCUT2D eigenvalue weighted by molar-refractivity contribution is 0.242. The van der Waals surface area contributed by atoms with Crippen molar-refractivity contribution < 1.29 is 4.74 Å². The van der Waals surface area contributed by atoms with E-state index in [0.29, 0.717) is 0 Å².